The minimum atomic E-state index is -0.306. The first kappa shape index (κ1) is 19.2. The van der Waals surface area contributed by atoms with E-state index in [4.69, 9.17) is 4.98 Å². The van der Waals surface area contributed by atoms with Gasteiger partial charge in [0.25, 0.3) is 5.91 Å². The highest BCUT2D eigenvalue weighted by molar-refractivity contribution is 5.96. The Bertz CT molecular complexity index is 1050. The van der Waals surface area contributed by atoms with Gasteiger partial charge in [-0.05, 0) is 56.5 Å². The number of piperidine rings is 1. The van der Waals surface area contributed by atoms with Crippen molar-refractivity contribution in [2.24, 2.45) is 0 Å². The second-order valence-electron chi connectivity index (χ2n) is 7.72. The number of benzene rings is 2. The van der Waals surface area contributed by atoms with Gasteiger partial charge in [0, 0.05) is 42.0 Å². The van der Waals surface area contributed by atoms with Crippen molar-refractivity contribution in [3.63, 3.8) is 0 Å². The van der Waals surface area contributed by atoms with Crippen LogP contribution in [-0.4, -0.2) is 33.9 Å². The Labute approximate surface area is 170 Å². The molecule has 1 aromatic heterocycles. The maximum Gasteiger partial charge on any atom is 0.254 e. The molecule has 29 heavy (non-hydrogen) atoms. The molecule has 0 unspecified atom stereocenters. The molecule has 1 saturated heterocycles. The Morgan fingerprint density at radius 1 is 1.14 bits per heavy atom. The van der Waals surface area contributed by atoms with Gasteiger partial charge in [0.05, 0.1) is 0 Å². The van der Waals surface area contributed by atoms with E-state index in [-0.39, 0.29) is 17.6 Å². The number of carbonyl (C=O) groups is 1. The number of likely N-dealkylation sites (tertiary alicyclic amines) is 1. The lowest BCUT2D eigenvalue weighted by Gasteiger charge is -2.33. The van der Waals surface area contributed by atoms with Crippen molar-refractivity contribution in [3.8, 4) is 11.4 Å². The van der Waals surface area contributed by atoms with Gasteiger partial charge in [-0.15, -0.1) is 0 Å². The van der Waals surface area contributed by atoms with Gasteiger partial charge in [-0.25, -0.2) is 14.4 Å². The summed E-state index contributed by atoms with van der Waals surface area (Å²) < 4.78 is 13.6. The fourth-order valence-electron chi connectivity index (χ4n) is 3.91. The molecule has 0 radical (unpaired) electrons. The van der Waals surface area contributed by atoms with Crippen LogP contribution in [0.3, 0.4) is 0 Å². The van der Waals surface area contributed by atoms with Crippen LogP contribution in [0.25, 0.3) is 11.4 Å². The van der Waals surface area contributed by atoms with Gasteiger partial charge in [0.2, 0.25) is 0 Å². The molecule has 3 aromatic rings. The smallest absolute Gasteiger partial charge is 0.254 e. The van der Waals surface area contributed by atoms with Gasteiger partial charge in [-0.3, -0.25) is 4.79 Å². The maximum absolute atomic E-state index is 13.6. The monoisotopic (exact) mass is 389 g/mol. The van der Waals surface area contributed by atoms with Crippen LogP contribution in [0.5, 0.6) is 0 Å². The molecule has 4 rings (SSSR count). The van der Waals surface area contributed by atoms with E-state index in [1.807, 2.05) is 43.0 Å². The van der Waals surface area contributed by atoms with Gasteiger partial charge in [-0.2, -0.15) is 0 Å². The molecule has 0 N–H and O–H groups in total. The lowest BCUT2D eigenvalue weighted by Crippen LogP contribution is -2.39. The Kier molecular flexibility index (Phi) is 5.38. The van der Waals surface area contributed by atoms with E-state index in [0.29, 0.717) is 17.9 Å². The summed E-state index contributed by atoms with van der Waals surface area (Å²) in [6.07, 6.45) is 3.62. The van der Waals surface area contributed by atoms with Crippen LogP contribution in [0.15, 0.2) is 54.7 Å². The van der Waals surface area contributed by atoms with Gasteiger partial charge >= 0.3 is 0 Å². The summed E-state index contributed by atoms with van der Waals surface area (Å²) in [7, 11) is 0. The normalized spacial score (nSPS) is 16.7. The minimum absolute atomic E-state index is 0.0790. The molecule has 0 spiro atoms. The third-order valence-electron chi connectivity index (χ3n) is 5.51. The van der Waals surface area contributed by atoms with E-state index in [1.54, 1.807) is 18.3 Å². The second kappa shape index (κ2) is 8.11. The highest BCUT2D eigenvalue weighted by Crippen LogP contribution is 2.28. The van der Waals surface area contributed by atoms with Crippen LogP contribution < -0.4 is 0 Å². The molecule has 0 aliphatic carbocycles. The Morgan fingerprint density at radius 2 is 2.00 bits per heavy atom. The zero-order valence-electron chi connectivity index (χ0n) is 16.7. The molecule has 1 aliphatic heterocycles. The summed E-state index contributed by atoms with van der Waals surface area (Å²) in [6.45, 7) is 5.37. The number of hydrogen-bond donors (Lipinski definition) is 0. The van der Waals surface area contributed by atoms with Gasteiger partial charge in [0.15, 0.2) is 5.82 Å². The molecule has 4 nitrogen and oxygen atoms in total. The van der Waals surface area contributed by atoms with Crippen LogP contribution in [0.4, 0.5) is 4.39 Å². The van der Waals surface area contributed by atoms with Crippen LogP contribution in [-0.2, 0) is 0 Å². The summed E-state index contributed by atoms with van der Waals surface area (Å²) in [4.78, 5) is 24.1. The Morgan fingerprint density at radius 3 is 2.83 bits per heavy atom. The van der Waals surface area contributed by atoms with Gasteiger partial charge < -0.3 is 4.90 Å². The molecule has 1 aliphatic rings. The molecular formula is C24H24FN3O. The summed E-state index contributed by atoms with van der Waals surface area (Å²) in [5.74, 6) is 0.433. The van der Waals surface area contributed by atoms with E-state index in [1.165, 1.54) is 12.1 Å². The first-order valence-electron chi connectivity index (χ1n) is 9.96. The topological polar surface area (TPSA) is 46.1 Å². The molecular weight excluding hydrogens is 365 g/mol. The van der Waals surface area contributed by atoms with Crippen molar-refractivity contribution in [3.05, 3.63) is 82.9 Å². The molecule has 2 aromatic carbocycles. The highest BCUT2D eigenvalue weighted by Gasteiger charge is 2.27. The molecule has 1 atom stereocenters. The standard InChI is InChI=1S/C24H24FN3O/c1-16-8-9-17(2)21(13-16)24(29)28-12-4-6-19(15-28)22-10-11-26-23(27-22)18-5-3-7-20(25)14-18/h3,5,7-11,13-14,19H,4,6,12,15H2,1-2H3/t19-/m0/s1. The van der Waals surface area contributed by atoms with E-state index in [0.717, 1.165) is 41.8 Å². The number of rotatable bonds is 3. The maximum atomic E-state index is 13.6. The fourth-order valence-corrected chi connectivity index (χ4v) is 3.91. The number of halogens is 1. The molecule has 148 valence electrons. The van der Waals surface area contributed by atoms with Crippen LogP contribution >= 0.6 is 0 Å². The van der Waals surface area contributed by atoms with Crippen LogP contribution in [0.1, 0.15) is 45.9 Å². The number of carbonyl (C=O) groups excluding carboxylic acids is 1. The predicted molar refractivity (Wildman–Crippen MR) is 111 cm³/mol. The van der Waals surface area contributed by atoms with Crippen molar-refractivity contribution in [1.82, 2.24) is 14.9 Å². The summed E-state index contributed by atoms with van der Waals surface area (Å²) in [5, 5.41) is 0. The van der Waals surface area contributed by atoms with Crippen molar-refractivity contribution in [2.45, 2.75) is 32.6 Å². The average Bonchev–Trinajstić information content (AvgIpc) is 2.75. The van der Waals surface area contributed by atoms with Crippen molar-refractivity contribution < 1.29 is 9.18 Å². The molecule has 1 amide bonds. The molecule has 5 heteroatoms. The van der Waals surface area contributed by atoms with E-state index in [9.17, 15) is 9.18 Å². The highest BCUT2D eigenvalue weighted by atomic mass is 19.1. The van der Waals surface area contributed by atoms with Crippen molar-refractivity contribution >= 4 is 5.91 Å². The largest absolute Gasteiger partial charge is 0.338 e. The zero-order valence-corrected chi connectivity index (χ0v) is 16.7. The predicted octanol–water partition coefficient (Wildman–Crippen LogP) is 4.92. The second-order valence-corrected chi connectivity index (χ2v) is 7.72. The minimum Gasteiger partial charge on any atom is -0.338 e. The quantitative estimate of drug-likeness (QED) is 0.639. The molecule has 0 bridgehead atoms. The van der Waals surface area contributed by atoms with Crippen LogP contribution in [0, 0.1) is 19.7 Å². The molecule has 2 heterocycles. The van der Waals surface area contributed by atoms with Crippen molar-refractivity contribution in [1.29, 1.82) is 0 Å². The van der Waals surface area contributed by atoms with E-state index in [2.05, 4.69) is 4.98 Å². The summed E-state index contributed by atoms with van der Waals surface area (Å²) in [5.41, 5.74) is 4.42. The SMILES string of the molecule is Cc1ccc(C)c(C(=O)N2CCC[C@H](c3ccnc(-c4cccc(F)c4)n3)C2)c1. The number of nitrogens with zero attached hydrogens (tertiary/aromatic N) is 3. The third-order valence-corrected chi connectivity index (χ3v) is 5.51. The average molecular weight is 389 g/mol. The number of amides is 1. The molecule has 1 fully saturated rings. The summed E-state index contributed by atoms with van der Waals surface area (Å²) in [6, 6.07) is 14.2. The van der Waals surface area contributed by atoms with Gasteiger partial charge in [-0.1, -0.05) is 29.8 Å². The number of aryl methyl sites for hydroxylation is 2. The van der Waals surface area contributed by atoms with Crippen molar-refractivity contribution in [2.75, 3.05) is 13.1 Å². The zero-order chi connectivity index (χ0) is 20.4. The number of aromatic nitrogens is 2. The molecule has 0 saturated carbocycles. The fraction of sp³-hybridized carbons (Fsp3) is 0.292. The Balaban J connectivity index is 1.56. The van der Waals surface area contributed by atoms with Gasteiger partial charge in [0.1, 0.15) is 5.82 Å². The van der Waals surface area contributed by atoms with E-state index >= 15 is 0 Å². The lowest BCUT2D eigenvalue weighted by molar-refractivity contribution is 0.0705. The first-order chi connectivity index (χ1) is 14.0. The van der Waals surface area contributed by atoms with Crippen LogP contribution in [0.2, 0.25) is 0 Å². The lowest BCUT2D eigenvalue weighted by atomic mass is 9.93. The first-order valence-corrected chi connectivity index (χ1v) is 9.96. The Hall–Kier alpha value is -3.08. The number of hydrogen-bond acceptors (Lipinski definition) is 3. The third kappa shape index (κ3) is 4.19. The van der Waals surface area contributed by atoms with E-state index < -0.39 is 0 Å². The summed E-state index contributed by atoms with van der Waals surface area (Å²) >= 11 is 0.